The monoisotopic (exact) mass is 419 g/mol. The van der Waals surface area contributed by atoms with Crippen molar-refractivity contribution in [3.63, 3.8) is 0 Å². The first kappa shape index (κ1) is 20.2. The highest BCUT2D eigenvalue weighted by atomic mass is 32.2. The highest BCUT2D eigenvalue weighted by Crippen LogP contribution is 2.21. The van der Waals surface area contributed by atoms with Crippen molar-refractivity contribution in [1.29, 1.82) is 0 Å². The molecule has 0 saturated carbocycles. The molecule has 3 rings (SSSR count). The van der Waals surface area contributed by atoms with Gasteiger partial charge in [0.25, 0.3) is 0 Å². The molecule has 0 spiro atoms. The van der Waals surface area contributed by atoms with Crippen molar-refractivity contribution in [3.8, 4) is 17.1 Å². The van der Waals surface area contributed by atoms with Crippen LogP contribution in [0.4, 0.5) is 5.69 Å². The summed E-state index contributed by atoms with van der Waals surface area (Å²) in [5.74, 6) is 0.732. The molecule has 28 heavy (non-hydrogen) atoms. The van der Waals surface area contributed by atoms with E-state index in [-0.39, 0.29) is 0 Å². The molecule has 2 heterocycles. The first-order valence-corrected chi connectivity index (χ1v) is 11.3. The zero-order chi connectivity index (χ0) is 20.0. The third-order valence-corrected chi connectivity index (χ3v) is 5.42. The van der Waals surface area contributed by atoms with E-state index >= 15 is 0 Å². The maximum atomic E-state index is 11.3. The SMILES string of the molecule is COc1cccc(N=c2scc(-c3cnccn3)n2CCCNS(C)(=O)=O)c1. The van der Waals surface area contributed by atoms with Gasteiger partial charge in [-0.2, -0.15) is 0 Å². The quantitative estimate of drug-likeness (QED) is 0.564. The minimum Gasteiger partial charge on any atom is -0.497 e. The lowest BCUT2D eigenvalue weighted by atomic mass is 10.3. The molecule has 1 N–H and O–H groups in total. The van der Waals surface area contributed by atoms with Gasteiger partial charge in [0.05, 0.1) is 30.9 Å². The third kappa shape index (κ3) is 5.47. The average Bonchev–Trinajstić information content (AvgIpc) is 3.08. The number of hydrogen-bond donors (Lipinski definition) is 1. The Morgan fingerprint density at radius 3 is 2.89 bits per heavy atom. The minimum absolute atomic E-state index is 0.347. The molecule has 0 aliphatic heterocycles. The number of methoxy groups -OCH3 is 1. The lowest BCUT2D eigenvalue weighted by molar-refractivity contribution is 0.415. The van der Waals surface area contributed by atoms with Gasteiger partial charge in [0, 0.05) is 36.9 Å². The molecule has 10 heteroatoms. The van der Waals surface area contributed by atoms with Gasteiger partial charge < -0.3 is 9.30 Å². The molecule has 0 fully saturated rings. The normalized spacial score (nSPS) is 12.3. The summed E-state index contributed by atoms with van der Waals surface area (Å²) in [7, 11) is -1.59. The second-order valence-corrected chi connectivity index (χ2v) is 8.65. The molecule has 0 aliphatic carbocycles. The number of nitrogens with one attached hydrogen (secondary N) is 1. The van der Waals surface area contributed by atoms with E-state index in [2.05, 4.69) is 14.7 Å². The summed E-state index contributed by atoms with van der Waals surface area (Å²) in [4.78, 5) is 14.0. The second-order valence-electron chi connectivity index (χ2n) is 5.98. The Morgan fingerprint density at radius 2 is 2.18 bits per heavy atom. The molecule has 0 radical (unpaired) electrons. The van der Waals surface area contributed by atoms with E-state index in [4.69, 9.17) is 9.73 Å². The summed E-state index contributed by atoms with van der Waals surface area (Å²) >= 11 is 1.49. The molecule has 0 atom stereocenters. The van der Waals surface area contributed by atoms with Gasteiger partial charge in [0.2, 0.25) is 10.0 Å². The summed E-state index contributed by atoms with van der Waals surface area (Å²) in [6.45, 7) is 0.931. The Bertz CT molecular complexity index is 1090. The van der Waals surface area contributed by atoms with Crippen LogP contribution in [-0.4, -0.2) is 42.9 Å². The van der Waals surface area contributed by atoms with Crippen LogP contribution >= 0.6 is 11.3 Å². The van der Waals surface area contributed by atoms with Gasteiger partial charge in [-0.15, -0.1) is 11.3 Å². The molecule has 3 aromatic rings. The van der Waals surface area contributed by atoms with Gasteiger partial charge >= 0.3 is 0 Å². The Labute approximate surface area is 167 Å². The maximum Gasteiger partial charge on any atom is 0.208 e. The van der Waals surface area contributed by atoms with Gasteiger partial charge in [0.15, 0.2) is 4.80 Å². The Hall–Kier alpha value is -2.56. The molecular formula is C18H21N5O3S2. The van der Waals surface area contributed by atoms with E-state index in [1.807, 2.05) is 34.2 Å². The van der Waals surface area contributed by atoms with Crippen molar-refractivity contribution < 1.29 is 13.2 Å². The first-order chi connectivity index (χ1) is 13.5. The van der Waals surface area contributed by atoms with Gasteiger partial charge in [-0.1, -0.05) is 6.07 Å². The van der Waals surface area contributed by atoms with Crippen LogP contribution < -0.4 is 14.3 Å². The Morgan fingerprint density at radius 1 is 1.32 bits per heavy atom. The van der Waals surface area contributed by atoms with E-state index in [1.165, 1.54) is 11.3 Å². The van der Waals surface area contributed by atoms with Gasteiger partial charge in [-0.25, -0.2) is 18.1 Å². The minimum atomic E-state index is -3.21. The molecule has 0 unspecified atom stereocenters. The second kappa shape index (κ2) is 9.09. The fourth-order valence-corrected chi connectivity index (χ4v) is 4.01. The van der Waals surface area contributed by atoms with E-state index < -0.39 is 10.0 Å². The number of sulfonamides is 1. The predicted octanol–water partition coefficient (Wildman–Crippen LogP) is 2.19. The van der Waals surface area contributed by atoms with Gasteiger partial charge in [-0.05, 0) is 18.6 Å². The summed E-state index contributed by atoms with van der Waals surface area (Å²) in [5, 5.41) is 1.98. The lowest BCUT2D eigenvalue weighted by Gasteiger charge is -2.09. The van der Waals surface area contributed by atoms with Crippen LogP contribution in [0.1, 0.15) is 6.42 Å². The molecule has 0 amide bonds. The number of rotatable bonds is 8. The van der Waals surface area contributed by atoms with Crippen LogP contribution in [0.15, 0.2) is 53.2 Å². The molecule has 0 aliphatic rings. The predicted molar refractivity (Wildman–Crippen MR) is 109 cm³/mol. The van der Waals surface area contributed by atoms with Crippen LogP contribution in [0, 0.1) is 0 Å². The smallest absolute Gasteiger partial charge is 0.208 e. The molecule has 1 aromatic carbocycles. The number of ether oxygens (including phenoxy) is 1. The first-order valence-electron chi connectivity index (χ1n) is 8.54. The Balaban J connectivity index is 1.95. The van der Waals surface area contributed by atoms with E-state index in [9.17, 15) is 8.42 Å². The van der Waals surface area contributed by atoms with Crippen molar-refractivity contribution in [2.45, 2.75) is 13.0 Å². The van der Waals surface area contributed by atoms with Crippen LogP contribution in [0.5, 0.6) is 5.75 Å². The number of hydrogen-bond acceptors (Lipinski definition) is 7. The molecule has 0 bridgehead atoms. The van der Waals surface area contributed by atoms with Crippen molar-refractivity contribution >= 4 is 27.0 Å². The van der Waals surface area contributed by atoms with Gasteiger partial charge in [-0.3, -0.25) is 9.97 Å². The molecule has 148 valence electrons. The lowest BCUT2D eigenvalue weighted by Crippen LogP contribution is -2.25. The van der Waals surface area contributed by atoms with E-state index in [0.717, 1.165) is 33.9 Å². The number of nitrogens with zero attached hydrogens (tertiary/aromatic N) is 4. The van der Waals surface area contributed by atoms with Crippen LogP contribution in [0.2, 0.25) is 0 Å². The van der Waals surface area contributed by atoms with Crippen LogP contribution in [-0.2, 0) is 16.6 Å². The largest absolute Gasteiger partial charge is 0.497 e. The molecule has 2 aromatic heterocycles. The average molecular weight is 420 g/mol. The number of thiazole rings is 1. The molecular weight excluding hydrogens is 398 g/mol. The molecule has 0 saturated heterocycles. The fourth-order valence-electron chi connectivity index (χ4n) is 2.56. The Kier molecular flexibility index (Phi) is 6.55. The summed E-state index contributed by atoms with van der Waals surface area (Å²) in [6, 6.07) is 7.51. The van der Waals surface area contributed by atoms with Crippen LogP contribution in [0.25, 0.3) is 11.4 Å². The highest BCUT2D eigenvalue weighted by Gasteiger charge is 2.10. The third-order valence-electron chi connectivity index (χ3n) is 3.82. The van der Waals surface area contributed by atoms with E-state index in [1.54, 1.807) is 25.7 Å². The number of aromatic nitrogens is 3. The fraction of sp³-hybridized carbons (Fsp3) is 0.278. The van der Waals surface area contributed by atoms with Crippen molar-refractivity contribution in [2.24, 2.45) is 4.99 Å². The zero-order valence-corrected chi connectivity index (χ0v) is 17.2. The zero-order valence-electron chi connectivity index (χ0n) is 15.6. The van der Waals surface area contributed by atoms with Crippen molar-refractivity contribution in [3.05, 3.63) is 53.0 Å². The van der Waals surface area contributed by atoms with Gasteiger partial charge in [0.1, 0.15) is 11.4 Å². The standard InChI is InChI=1S/C18H21N5O3S2/c1-26-15-6-3-5-14(11-15)22-18-23(10-4-7-21-28(2,24)25)17(13-27-18)16-12-19-8-9-20-16/h3,5-6,8-9,11-13,21H,4,7,10H2,1-2H3. The highest BCUT2D eigenvalue weighted by molar-refractivity contribution is 7.88. The summed E-state index contributed by atoms with van der Waals surface area (Å²) < 4.78 is 32.4. The summed E-state index contributed by atoms with van der Waals surface area (Å²) in [5.41, 5.74) is 2.40. The maximum absolute atomic E-state index is 11.3. The van der Waals surface area contributed by atoms with Crippen LogP contribution in [0.3, 0.4) is 0 Å². The molecule has 8 nitrogen and oxygen atoms in total. The summed E-state index contributed by atoms with van der Waals surface area (Å²) in [6.07, 6.45) is 6.73. The topological polar surface area (TPSA) is 98.5 Å². The van der Waals surface area contributed by atoms with Crippen molar-refractivity contribution in [1.82, 2.24) is 19.3 Å². The number of benzene rings is 1. The van der Waals surface area contributed by atoms with Crippen molar-refractivity contribution in [2.75, 3.05) is 19.9 Å². The van der Waals surface area contributed by atoms with E-state index in [0.29, 0.717) is 19.5 Å².